The highest BCUT2D eigenvalue weighted by Crippen LogP contribution is 2.26. The van der Waals surface area contributed by atoms with Gasteiger partial charge in [0.2, 0.25) is 0 Å². The predicted molar refractivity (Wildman–Crippen MR) is 65.6 cm³/mol. The fourth-order valence-corrected chi connectivity index (χ4v) is 1.93. The molecule has 0 spiro atoms. The van der Waals surface area contributed by atoms with Gasteiger partial charge in [-0.05, 0) is 44.7 Å². The minimum atomic E-state index is 1.05. The highest BCUT2D eigenvalue weighted by Gasteiger charge is 2.06. The van der Waals surface area contributed by atoms with E-state index in [2.05, 4.69) is 45.1 Å². The first kappa shape index (κ1) is 11.8. The van der Waals surface area contributed by atoms with E-state index in [0.717, 1.165) is 18.6 Å². The lowest BCUT2D eigenvalue weighted by atomic mass is 10.0. The van der Waals surface area contributed by atoms with E-state index in [1.165, 1.54) is 16.7 Å². The van der Waals surface area contributed by atoms with Crippen molar-refractivity contribution in [3.05, 3.63) is 41.0 Å². The van der Waals surface area contributed by atoms with Crippen molar-refractivity contribution in [3.63, 3.8) is 0 Å². The Hall–Kier alpha value is -1.24. The fraction of sp³-hybridized carbons (Fsp3) is 0.429. The third-order valence-electron chi connectivity index (χ3n) is 2.52. The molecule has 0 aromatic heterocycles. The molecule has 0 fully saturated rings. The Bertz CT molecular complexity index is 351. The van der Waals surface area contributed by atoms with E-state index in [1.807, 2.05) is 0 Å². The number of aryl methyl sites for hydroxylation is 3. The Morgan fingerprint density at radius 1 is 1.27 bits per heavy atom. The van der Waals surface area contributed by atoms with E-state index < -0.39 is 0 Å². The molecule has 0 bridgehead atoms. The fourth-order valence-electron chi connectivity index (χ4n) is 1.93. The molecular weight excluding hydrogens is 184 g/mol. The summed E-state index contributed by atoms with van der Waals surface area (Å²) < 4.78 is 5.44. The number of benzene rings is 1. The highest BCUT2D eigenvalue weighted by molar-refractivity contribution is 5.43. The summed E-state index contributed by atoms with van der Waals surface area (Å²) in [5.74, 6) is 1.05. The van der Waals surface area contributed by atoms with Gasteiger partial charge in [0.25, 0.3) is 0 Å². The zero-order chi connectivity index (χ0) is 11.3. The Balaban J connectivity index is 2.93. The van der Waals surface area contributed by atoms with E-state index in [9.17, 15) is 0 Å². The molecule has 0 aliphatic heterocycles. The number of methoxy groups -OCH3 is 1. The van der Waals surface area contributed by atoms with E-state index >= 15 is 0 Å². The maximum Gasteiger partial charge on any atom is 0.124 e. The Kier molecular flexibility index (Phi) is 4.41. The molecular formula is C14H20O. The lowest BCUT2D eigenvalue weighted by molar-refractivity contribution is 0.406. The van der Waals surface area contributed by atoms with Crippen LogP contribution in [0.2, 0.25) is 0 Å². The molecule has 1 nitrogen and oxygen atoms in total. The van der Waals surface area contributed by atoms with Crippen LogP contribution in [0.15, 0.2) is 24.3 Å². The lowest BCUT2D eigenvalue weighted by Crippen LogP contribution is -1.96. The molecule has 1 aromatic carbocycles. The molecule has 0 aliphatic carbocycles. The third-order valence-corrected chi connectivity index (χ3v) is 2.52. The molecule has 1 aromatic rings. The van der Waals surface area contributed by atoms with Gasteiger partial charge in [0.1, 0.15) is 5.75 Å². The van der Waals surface area contributed by atoms with Crippen LogP contribution in [0.25, 0.3) is 0 Å². The summed E-state index contributed by atoms with van der Waals surface area (Å²) in [4.78, 5) is 0. The van der Waals surface area contributed by atoms with Crippen LogP contribution in [-0.2, 0) is 6.42 Å². The van der Waals surface area contributed by atoms with Crippen LogP contribution in [0.4, 0.5) is 0 Å². The normalized spacial score (nSPS) is 10.9. The second-order valence-electron chi connectivity index (χ2n) is 3.88. The first-order valence-electron chi connectivity index (χ1n) is 5.44. The van der Waals surface area contributed by atoms with Crippen molar-refractivity contribution in [2.45, 2.75) is 33.6 Å². The zero-order valence-electron chi connectivity index (χ0n) is 10.1. The van der Waals surface area contributed by atoms with Crippen molar-refractivity contribution in [3.8, 4) is 5.75 Å². The molecule has 1 heteroatoms. The molecule has 0 amide bonds. The maximum atomic E-state index is 5.44. The molecule has 0 aliphatic rings. The van der Waals surface area contributed by atoms with Crippen LogP contribution in [-0.4, -0.2) is 7.11 Å². The molecule has 0 radical (unpaired) electrons. The molecule has 0 saturated heterocycles. The molecule has 0 heterocycles. The monoisotopic (exact) mass is 204 g/mol. The molecule has 0 atom stereocenters. The molecule has 1 rings (SSSR count). The number of ether oxygens (including phenoxy) is 1. The molecule has 0 unspecified atom stereocenters. The SMILES string of the molecule is C/C=C\CCc1cc(C)cc(C)c1OC. The highest BCUT2D eigenvalue weighted by atomic mass is 16.5. The van der Waals surface area contributed by atoms with Crippen LogP contribution in [0.5, 0.6) is 5.75 Å². The van der Waals surface area contributed by atoms with Crippen LogP contribution in [0, 0.1) is 13.8 Å². The van der Waals surface area contributed by atoms with Crippen molar-refractivity contribution < 1.29 is 4.74 Å². The van der Waals surface area contributed by atoms with Gasteiger partial charge in [0.05, 0.1) is 7.11 Å². The number of hydrogen-bond donors (Lipinski definition) is 0. The van der Waals surface area contributed by atoms with Crippen molar-refractivity contribution in [1.29, 1.82) is 0 Å². The van der Waals surface area contributed by atoms with Gasteiger partial charge in [-0.1, -0.05) is 29.8 Å². The first-order chi connectivity index (χ1) is 7.19. The smallest absolute Gasteiger partial charge is 0.124 e. The molecule has 0 saturated carbocycles. The molecule has 0 N–H and O–H groups in total. The van der Waals surface area contributed by atoms with Crippen molar-refractivity contribution in [2.75, 3.05) is 7.11 Å². The zero-order valence-corrected chi connectivity index (χ0v) is 10.1. The summed E-state index contributed by atoms with van der Waals surface area (Å²) in [5, 5.41) is 0. The van der Waals surface area contributed by atoms with E-state index in [0.29, 0.717) is 0 Å². The van der Waals surface area contributed by atoms with E-state index in [4.69, 9.17) is 4.74 Å². The average Bonchev–Trinajstić information content (AvgIpc) is 2.17. The summed E-state index contributed by atoms with van der Waals surface area (Å²) in [6.07, 6.45) is 6.41. The van der Waals surface area contributed by atoms with E-state index in [-0.39, 0.29) is 0 Å². The van der Waals surface area contributed by atoms with Gasteiger partial charge in [-0.2, -0.15) is 0 Å². The summed E-state index contributed by atoms with van der Waals surface area (Å²) in [6.45, 7) is 6.29. The predicted octanol–water partition coefficient (Wildman–Crippen LogP) is 3.82. The van der Waals surface area contributed by atoms with Crippen LogP contribution >= 0.6 is 0 Å². The van der Waals surface area contributed by atoms with Crippen molar-refractivity contribution in [2.24, 2.45) is 0 Å². The topological polar surface area (TPSA) is 9.23 Å². The lowest BCUT2D eigenvalue weighted by Gasteiger charge is -2.12. The molecule has 82 valence electrons. The Morgan fingerprint density at radius 2 is 2.00 bits per heavy atom. The quantitative estimate of drug-likeness (QED) is 0.677. The van der Waals surface area contributed by atoms with E-state index in [1.54, 1.807) is 7.11 Å². The van der Waals surface area contributed by atoms with Gasteiger partial charge in [0, 0.05) is 0 Å². The Labute approximate surface area is 92.8 Å². The minimum Gasteiger partial charge on any atom is -0.496 e. The maximum absolute atomic E-state index is 5.44. The largest absolute Gasteiger partial charge is 0.496 e. The first-order valence-corrected chi connectivity index (χ1v) is 5.44. The second-order valence-corrected chi connectivity index (χ2v) is 3.88. The second kappa shape index (κ2) is 5.59. The van der Waals surface area contributed by atoms with Crippen molar-refractivity contribution >= 4 is 0 Å². The number of allylic oxidation sites excluding steroid dienone is 2. The summed E-state index contributed by atoms with van der Waals surface area (Å²) in [6, 6.07) is 4.38. The number of rotatable bonds is 4. The Morgan fingerprint density at radius 3 is 2.60 bits per heavy atom. The standard InChI is InChI=1S/C14H20O/c1-5-6-7-8-13-10-11(2)9-12(3)14(13)15-4/h5-6,9-10H,7-8H2,1-4H3/b6-5-. The van der Waals surface area contributed by atoms with Gasteiger partial charge in [-0.3, -0.25) is 0 Å². The summed E-state index contributed by atoms with van der Waals surface area (Å²) >= 11 is 0. The van der Waals surface area contributed by atoms with Gasteiger partial charge < -0.3 is 4.74 Å². The summed E-state index contributed by atoms with van der Waals surface area (Å²) in [5.41, 5.74) is 3.85. The number of hydrogen-bond acceptors (Lipinski definition) is 1. The van der Waals surface area contributed by atoms with Crippen LogP contribution < -0.4 is 4.74 Å². The summed E-state index contributed by atoms with van der Waals surface area (Å²) in [7, 11) is 1.75. The average molecular weight is 204 g/mol. The van der Waals surface area contributed by atoms with Gasteiger partial charge in [-0.25, -0.2) is 0 Å². The van der Waals surface area contributed by atoms with Gasteiger partial charge >= 0.3 is 0 Å². The van der Waals surface area contributed by atoms with Gasteiger partial charge in [-0.15, -0.1) is 0 Å². The van der Waals surface area contributed by atoms with Crippen LogP contribution in [0.1, 0.15) is 30.0 Å². The molecule has 15 heavy (non-hydrogen) atoms. The minimum absolute atomic E-state index is 1.05. The van der Waals surface area contributed by atoms with Crippen LogP contribution in [0.3, 0.4) is 0 Å². The van der Waals surface area contributed by atoms with Crippen molar-refractivity contribution in [1.82, 2.24) is 0 Å². The van der Waals surface area contributed by atoms with Gasteiger partial charge in [0.15, 0.2) is 0 Å². The third kappa shape index (κ3) is 3.12.